The maximum Gasteiger partial charge on any atom is 0.341 e. The van der Waals surface area contributed by atoms with Gasteiger partial charge in [0, 0.05) is 7.11 Å². The van der Waals surface area contributed by atoms with Gasteiger partial charge in [0.2, 0.25) is 0 Å². The second-order valence-corrected chi connectivity index (χ2v) is 4.09. The summed E-state index contributed by atoms with van der Waals surface area (Å²) in [5, 5.41) is 3.17. The number of nitrogen functional groups attached to an aromatic ring is 1. The zero-order valence-corrected chi connectivity index (χ0v) is 11.6. The van der Waals surface area contributed by atoms with Crippen LogP contribution in [0.15, 0.2) is 12.3 Å². The summed E-state index contributed by atoms with van der Waals surface area (Å²) in [6.45, 7) is 4.62. The second-order valence-electron chi connectivity index (χ2n) is 4.09. The van der Waals surface area contributed by atoms with Crippen molar-refractivity contribution in [3.8, 4) is 0 Å². The Morgan fingerprint density at radius 3 is 2.84 bits per heavy atom. The van der Waals surface area contributed by atoms with Gasteiger partial charge in [0.15, 0.2) is 0 Å². The van der Waals surface area contributed by atoms with E-state index in [1.807, 2.05) is 6.92 Å². The highest BCUT2D eigenvalue weighted by atomic mass is 16.5. The van der Waals surface area contributed by atoms with Crippen LogP contribution < -0.4 is 11.1 Å². The first kappa shape index (κ1) is 15.2. The first-order valence-electron chi connectivity index (χ1n) is 6.30. The summed E-state index contributed by atoms with van der Waals surface area (Å²) in [4.78, 5) is 16.0. The number of anilines is 2. The Morgan fingerprint density at radius 1 is 1.53 bits per heavy atom. The molecule has 0 spiro atoms. The highest BCUT2D eigenvalue weighted by molar-refractivity contribution is 5.95. The number of hydrogen-bond acceptors (Lipinski definition) is 6. The molecule has 0 saturated heterocycles. The van der Waals surface area contributed by atoms with Gasteiger partial charge in [-0.1, -0.05) is 6.92 Å². The molecule has 1 aromatic heterocycles. The zero-order valence-electron chi connectivity index (χ0n) is 11.6. The lowest BCUT2D eigenvalue weighted by Gasteiger charge is -2.18. The number of esters is 1. The summed E-state index contributed by atoms with van der Waals surface area (Å²) < 4.78 is 10.1. The molecule has 0 bridgehead atoms. The van der Waals surface area contributed by atoms with Gasteiger partial charge in [0.05, 0.1) is 31.1 Å². The number of hydrogen-bond donors (Lipinski definition) is 2. The van der Waals surface area contributed by atoms with Crippen LogP contribution in [-0.2, 0) is 9.47 Å². The van der Waals surface area contributed by atoms with Crippen molar-refractivity contribution in [3.05, 3.63) is 17.8 Å². The van der Waals surface area contributed by atoms with E-state index in [1.54, 1.807) is 20.1 Å². The van der Waals surface area contributed by atoms with Crippen LogP contribution in [0, 0.1) is 0 Å². The molecule has 0 radical (unpaired) electrons. The summed E-state index contributed by atoms with van der Waals surface area (Å²) >= 11 is 0. The SMILES string of the molecule is CCOC(=O)c1cc(N)cnc1NC(CC)COC. The van der Waals surface area contributed by atoms with E-state index < -0.39 is 5.97 Å². The average molecular weight is 267 g/mol. The molecule has 1 aromatic rings. The molecule has 6 nitrogen and oxygen atoms in total. The molecule has 0 amide bonds. The molecule has 0 aliphatic carbocycles. The largest absolute Gasteiger partial charge is 0.462 e. The van der Waals surface area contributed by atoms with Crippen LogP contribution in [-0.4, -0.2) is 37.3 Å². The third-order valence-corrected chi connectivity index (χ3v) is 2.61. The monoisotopic (exact) mass is 267 g/mol. The number of aromatic nitrogens is 1. The number of nitrogens with two attached hydrogens (primary N) is 1. The topological polar surface area (TPSA) is 86.5 Å². The van der Waals surface area contributed by atoms with Crippen molar-refractivity contribution in [2.75, 3.05) is 31.4 Å². The van der Waals surface area contributed by atoms with E-state index in [9.17, 15) is 4.79 Å². The van der Waals surface area contributed by atoms with E-state index in [2.05, 4.69) is 10.3 Å². The third kappa shape index (κ3) is 4.40. The first-order chi connectivity index (χ1) is 9.12. The Kier molecular flexibility index (Phi) is 6.08. The number of pyridine rings is 1. The lowest BCUT2D eigenvalue weighted by atomic mass is 10.2. The van der Waals surface area contributed by atoms with Crippen molar-refractivity contribution >= 4 is 17.5 Å². The molecule has 1 atom stereocenters. The molecule has 0 aromatic carbocycles. The van der Waals surface area contributed by atoms with Crippen molar-refractivity contribution in [3.63, 3.8) is 0 Å². The molecular weight excluding hydrogens is 246 g/mol. The van der Waals surface area contributed by atoms with Crippen LogP contribution in [0.25, 0.3) is 0 Å². The van der Waals surface area contributed by atoms with Crippen LogP contribution in [0.1, 0.15) is 30.6 Å². The van der Waals surface area contributed by atoms with E-state index >= 15 is 0 Å². The summed E-state index contributed by atoms with van der Waals surface area (Å²) in [5.74, 6) is 0.0358. The minimum absolute atomic E-state index is 0.0781. The number of methoxy groups -OCH3 is 1. The van der Waals surface area contributed by atoms with Gasteiger partial charge in [0.25, 0.3) is 0 Å². The highest BCUT2D eigenvalue weighted by Gasteiger charge is 2.17. The van der Waals surface area contributed by atoms with Gasteiger partial charge >= 0.3 is 5.97 Å². The summed E-state index contributed by atoms with van der Waals surface area (Å²) in [6.07, 6.45) is 2.35. The lowest BCUT2D eigenvalue weighted by Crippen LogP contribution is -2.26. The second kappa shape index (κ2) is 7.58. The van der Waals surface area contributed by atoms with E-state index in [1.165, 1.54) is 6.20 Å². The maximum absolute atomic E-state index is 11.9. The van der Waals surface area contributed by atoms with Crippen molar-refractivity contribution in [1.29, 1.82) is 0 Å². The molecule has 0 saturated carbocycles. The minimum atomic E-state index is -0.433. The molecule has 6 heteroatoms. The Hall–Kier alpha value is -1.82. The molecule has 1 rings (SSSR count). The third-order valence-electron chi connectivity index (χ3n) is 2.61. The van der Waals surface area contributed by atoms with E-state index in [0.29, 0.717) is 30.3 Å². The van der Waals surface area contributed by atoms with Crippen LogP contribution in [0.2, 0.25) is 0 Å². The quantitative estimate of drug-likeness (QED) is 0.731. The molecule has 106 valence electrons. The minimum Gasteiger partial charge on any atom is -0.462 e. The first-order valence-corrected chi connectivity index (χ1v) is 6.30. The fraction of sp³-hybridized carbons (Fsp3) is 0.538. The van der Waals surface area contributed by atoms with Gasteiger partial charge in [-0.25, -0.2) is 9.78 Å². The van der Waals surface area contributed by atoms with E-state index in [0.717, 1.165) is 6.42 Å². The Morgan fingerprint density at radius 2 is 2.26 bits per heavy atom. The van der Waals surface area contributed by atoms with Crippen molar-refractivity contribution in [2.24, 2.45) is 0 Å². The molecule has 19 heavy (non-hydrogen) atoms. The smallest absolute Gasteiger partial charge is 0.341 e. The van der Waals surface area contributed by atoms with Gasteiger partial charge in [-0.05, 0) is 19.4 Å². The van der Waals surface area contributed by atoms with Gasteiger partial charge in [-0.2, -0.15) is 0 Å². The molecule has 1 heterocycles. The Balaban J connectivity index is 2.95. The van der Waals surface area contributed by atoms with Crippen LogP contribution in [0.4, 0.5) is 11.5 Å². The van der Waals surface area contributed by atoms with Crippen LogP contribution in [0.5, 0.6) is 0 Å². The number of nitrogens with one attached hydrogen (secondary N) is 1. The number of carbonyl (C=O) groups excluding carboxylic acids is 1. The number of nitrogens with zero attached hydrogens (tertiary/aromatic N) is 1. The molecule has 0 aliphatic heterocycles. The van der Waals surface area contributed by atoms with Crippen molar-refractivity contribution in [2.45, 2.75) is 26.3 Å². The fourth-order valence-corrected chi connectivity index (χ4v) is 1.62. The highest BCUT2D eigenvalue weighted by Crippen LogP contribution is 2.18. The fourth-order valence-electron chi connectivity index (χ4n) is 1.62. The van der Waals surface area contributed by atoms with Crippen LogP contribution in [0.3, 0.4) is 0 Å². The zero-order chi connectivity index (χ0) is 14.3. The molecule has 3 N–H and O–H groups in total. The van der Waals surface area contributed by atoms with Gasteiger partial charge in [-0.15, -0.1) is 0 Å². The normalized spacial score (nSPS) is 11.9. The van der Waals surface area contributed by atoms with E-state index in [4.69, 9.17) is 15.2 Å². The predicted octanol–water partition coefficient (Wildman–Crippen LogP) is 1.68. The molecule has 1 unspecified atom stereocenters. The number of rotatable bonds is 7. The summed E-state index contributed by atoms with van der Waals surface area (Å²) in [5.41, 5.74) is 6.43. The summed E-state index contributed by atoms with van der Waals surface area (Å²) in [6, 6.07) is 1.64. The van der Waals surface area contributed by atoms with Crippen LogP contribution >= 0.6 is 0 Å². The van der Waals surface area contributed by atoms with E-state index in [-0.39, 0.29) is 6.04 Å². The molecular formula is C13H21N3O3. The van der Waals surface area contributed by atoms with Gasteiger partial charge in [-0.3, -0.25) is 0 Å². The van der Waals surface area contributed by atoms with Gasteiger partial charge < -0.3 is 20.5 Å². The van der Waals surface area contributed by atoms with Crippen molar-refractivity contribution < 1.29 is 14.3 Å². The number of carbonyl (C=O) groups is 1. The number of ether oxygens (including phenoxy) is 2. The maximum atomic E-state index is 11.9. The average Bonchev–Trinajstić information content (AvgIpc) is 2.40. The standard InChI is InChI=1S/C13H21N3O3/c1-4-10(8-18-3)16-12-11(13(17)19-5-2)6-9(14)7-15-12/h6-7,10H,4-5,8,14H2,1-3H3,(H,15,16). The Labute approximate surface area is 113 Å². The predicted molar refractivity (Wildman–Crippen MR) is 74.2 cm³/mol. The lowest BCUT2D eigenvalue weighted by molar-refractivity contribution is 0.0527. The Bertz CT molecular complexity index is 424. The molecule has 0 fully saturated rings. The summed E-state index contributed by atoms with van der Waals surface area (Å²) in [7, 11) is 1.63. The molecule has 0 aliphatic rings. The van der Waals surface area contributed by atoms with Crippen molar-refractivity contribution in [1.82, 2.24) is 4.98 Å². The van der Waals surface area contributed by atoms with Gasteiger partial charge in [0.1, 0.15) is 11.4 Å².